The summed E-state index contributed by atoms with van der Waals surface area (Å²) in [5, 5.41) is 0. The van der Waals surface area contributed by atoms with E-state index in [0.29, 0.717) is 19.1 Å². The molecular formula is C17H41F3O7Si4. The van der Waals surface area contributed by atoms with Gasteiger partial charge in [-0.2, -0.15) is 13.2 Å². The van der Waals surface area contributed by atoms with Crippen molar-refractivity contribution >= 4 is 35.0 Å². The quantitative estimate of drug-likeness (QED) is 0.193. The molecule has 0 spiro atoms. The fourth-order valence-corrected chi connectivity index (χ4v) is 15.6. The van der Waals surface area contributed by atoms with Crippen LogP contribution in [0.1, 0.15) is 19.3 Å². The fraction of sp³-hybridized carbons (Fsp3) is 1.00. The van der Waals surface area contributed by atoms with Crippen LogP contribution in [0.5, 0.6) is 0 Å². The first-order chi connectivity index (χ1) is 14.3. The van der Waals surface area contributed by atoms with E-state index < -0.39 is 47.6 Å². The maximum absolute atomic E-state index is 12.1. The van der Waals surface area contributed by atoms with E-state index in [0.717, 1.165) is 18.5 Å². The molecule has 0 saturated heterocycles. The average Bonchev–Trinajstić information content (AvgIpc) is 2.67. The summed E-state index contributed by atoms with van der Waals surface area (Å²) in [6.45, 7) is 8.23. The van der Waals surface area contributed by atoms with Gasteiger partial charge in [-0.3, -0.25) is 0 Å². The van der Waals surface area contributed by atoms with Gasteiger partial charge in [0.25, 0.3) is 9.28 Å². The van der Waals surface area contributed by atoms with Crippen LogP contribution in [0.25, 0.3) is 0 Å². The summed E-state index contributed by atoms with van der Waals surface area (Å²) in [5.74, 6) is 0. The Bertz CT molecular complexity index is 477. The lowest BCUT2D eigenvalue weighted by Crippen LogP contribution is -2.48. The molecule has 31 heavy (non-hydrogen) atoms. The SMILES string of the molecule is CO[Si](C)(CCC[Si](OC)(OC)OC)O[SiH](C)O[Si](C)(C)CCCOCCC(F)(F)F. The van der Waals surface area contributed by atoms with Gasteiger partial charge in [-0.1, -0.05) is 0 Å². The van der Waals surface area contributed by atoms with Gasteiger partial charge in [0.2, 0.25) is 0 Å². The van der Waals surface area contributed by atoms with E-state index in [4.69, 9.17) is 30.7 Å². The largest absolute Gasteiger partial charge is 0.500 e. The molecule has 0 N–H and O–H groups in total. The third-order valence-electron chi connectivity index (χ3n) is 4.98. The zero-order chi connectivity index (χ0) is 24.2. The molecule has 0 rings (SSSR count). The van der Waals surface area contributed by atoms with Crippen LogP contribution in [0.2, 0.25) is 44.3 Å². The van der Waals surface area contributed by atoms with Gasteiger partial charge >= 0.3 is 23.5 Å². The van der Waals surface area contributed by atoms with Crippen LogP contribution in [0.4, 0.5) is 13.2 Å². The highest BCUT2D eigenvalue weighted by Gasteiger charge is 2.40. The van der Waals surface area contributed by atoms with E-state index >= 15 is 0 Å². The highest BCUT2D eigenvalue weighted by atomic mass is 28.5. The van der Waals surface area contributed by atoms with E-state index in [9.17, 15) is 13.2 Å². The first-order valence-electron chi connectivity index (χ1n) is 10.5. The molecule has 188 valence electrons. The highest BCUT2D eigenvalue weighted by Crippen LogP contribution is 2.25. The lowest BCUT2D eigenvalue weighted by atomic mass is 10.4. The normalized spacial score (nSPS) is 16.4. The van der Waals surface area contributed by atoms with Gasteiger partial charge in [-0.25, -0.2) is 0 Å². The van der Waals surface area contributed by atoms with Crippen molar-refractivity contribution in [3.8, 4) is 0 Å². The van der Waals surface area contributed by atoms with E-state index in [-0.39, 0.29) is 6.61 Å². The third-order valence-corrected chi connectivity index (χ3v) is 18.7. The predicted octanol–water partition coefficient (Wildman–Crippen LogP) is 4.42. The Balaban J connectivity index is 4.42. The van der Waals surface area contributed by atoms with Crippen LogP contribution in [-0.4, -0.2) is 82.8 Å². The van der Waals surface area contributed by atoms with Crippen molar-refractivity contribution in [2.45, 2.75) is 69.8 Å². The van der Waals surface area contributed by atoms with E-state index in [1.165, 1.54) is 0 Å². The number of alkyl halides is 3. The van der Waals surface area contributed by atoms with Crippen molar-refractivity contribution in [2.75, 3.05) is 41.7 Å². The van der Waals surface area contributed by atoms with E-state index in [2.05, 4.69) is 13.1 Å². The monoisotopic (exact) mass is 526 g/mol. The fourth-order valence-electron chi connectivity index (χ4n) is 3.16. The highest BCUT2D eigenvalue weighted by molar-refractivity contribution is 6.80. The van der Waals surface area contributed by atoms with Crippen LogP contribution >= 0.6 is 0 Å². The number of halogens is 3. The molecule has 0 aliphatic carbocycles. The molecule has 7 nitrogen and oxygen atoms in total. The Hall–Kier alpha value is 0.378. The van der Waals surface area contributed by atoms with Gasteiger partial charge in [0.1, 0.15) is 0 Å². The van der Waals surface area contributed by atoms with E-state index in [1.807, 2.05) is 13.1 Å². The van der Waals surface area contributed by atoms with Gasteiger partial charge < -0.3 is 30.7 Å². The molecule has 0 aromatic carbocycles. The van der Waals surface area contributed by atoms with Crippen LogP contribution in [0.15, 0.2) is 0 Å². The van der Waals surface area contributed by atoms with Gasteiger partial charge in [-0.15, -0.1) is 0 Å². The molecule has 0 aromatic rings. The minimum absolute atomic E-state index is 0.294. The smallest absolute Gasteiger partial charge is 0.439 e. The zero-order valence-electron chi connectivity index (χ0n) is 20.2. The maximum atomic E-state index is 12.1. The van der Waals surface area contributed by atoms with Crippen molar-refractivity contribution in [3.63, 3.8) is 0 Å². The summed E-state index contributed by atoms with van der Waals surface area (Å²) in [6, 6.07) is 2.25. The van der Waals surface area contributed by atoms with Crippen LogP contribution in [0.3, 0.4) is 0 Å². The summed E-state index contributed by atoms with van der Waals surface area (Å²) < 4.78 is 76.3. The zero-order valence-corrected chi connectivity index (χ0v) is 24.4. The first kappa shape index (κ1) is 31.4. The van der Waals surface area contributed by atoms with Crippen molar-refractivity contribution < 1.29 is 43.8 Å². The Kier molecular flexibility index (Phi) is 14.8. The summed E-state index contributed by atoms with van der Waals surface area (Å²) in [6.07, 6.45) is -3.61. The molecule has 0 aliphatic heterocycles. The molecule has 0 amide bonds. The molecule has 0 fully saturated rings. The van der Waals surface area contributed by atoms with Crippen LogP contribution in [-0.2, 0) is 30.7 Å². The molecule has 0 heterocycles. The van der Waals surface area contributed by atoms with Crippen molar-refractivity contribution in [2.24, 2.45) is 0 Å². The van der Waals surface area contributed by atoms with Crippen LogP contribution in [0, 0.1) is 0 Å². The first-order valence-corrected chi connectivity index (χ1v) is 20.1. The molecule has 14 heteroatoms. The average molecular weight is 527 g/mol. The minimum Gasteiger partial charge on any atom is -0.439 e. The number of hydrogen-bond acceptors (Lipinski definition) is 7. The van der Waals surface area contributed by atoms with E-state index in [1.54, 1.807) is 28.4 Å². The van der Waals surface area contributed by atoms with Crippen molar-refractivity contribution in [1.82, 2.24) is 0 Å². The maximum Gasteiger partial charge on any atom is 0.500 e. The third kappa shape index (κ3) is 14.3. The summed E-state index contributed by atoms with van der Waals surface area (Å²) >= 11 is 0. The second-order valence-corrected chi connectivity index (χ2v) is 21.4. The Morgan fingerprint density at radius 3 is 1.81 bits per heavy atom. The molecule has 0 aliphatic rings. The van der Waals surface area contributed by atoms with Gasteiger partial charge in [0, 0.05) is 41.1 Å². The predicted molar refractivity (Wildman–Crippen MR) is 123 cm³/mol. The molecule has 2 unspecified atom stereocenters. The molecule has 0 bridgehead atoms. The van der Waals surface area contributed by atoms with Crippen molar-refractivity contribution in [3.05, 3.63) is 0 Å². The number of ether oxygens (including phenoxy) is 1. The summed E-state index contributed by atoms with van der Waals surface area (Å²) in [7, 11) is -2.51. The summed E-state index contributed by atoms with van der Waals surface area (Å²) in [4.78, 5) is 0. The molecule has 0 radical (unpaired) electrons. The number of rotatable bonds is 18. The van der Waals surface area contributed by atoms with Gasteiger partial charge in [0.05, 0.1) is 13.0 Å². The Labute approximate surface area is 190 Å². The number of hydrogen-bond donors (Lipinski definition) is 0. The summed E-state index contributed by atoms with van der Waals surface area (Å²) in [5.41, 5.74) is 0. The Morgan fingerprint density at radius 1 is 0.742 bits per heavy atom. The molecule has 0 aromatic heterocycles. The standard InChI is InChI=1S/C17H41F3O7Si4/c1-21-30(8,15-10-16-31(22-2,23-3)24-4)27-28(5)26-29(6,7)14-9-12-25-13-11-17(18,19)20/h28H,9-16H2,1-8H3. The second kappa shape index (κ2) is 14.6. The molecular weight excluding hydrogens is 486 g/mol. The lowest BCUT2D eigenvalue weighted by molar-refractivity contribution is -0.145. The van der Waals surface area contributed by atoms with Crippen LogP contribution < -0.4 is 0 Å². The Morgan fingerprint density at radius 2 is 1.32 bits per heavy atom. The second-order valence-electron chi connectivity index (χ2n) is 8.13. The van der Waals surface area contributed by atoms with Gasteiger partial charge in [0.15, 0.2) is 8.32 Å². The minimum atomic E-state index is -4.17. The topological polar surface area (TPSA) is 64.6 Å². The molecule has 0 saturated carbocycles. The van der Waals surface area contributed by atoms with Gasteiger partial charge in [-0.05, 0) is 51.1 Å². The van der Waals surface area contributed by atoms with Crippen molar-refractivity contribution in [1.29, 1.82) is 0 Å². The lowest BCUT2D eigenvalue weighted by Gasteiger charge is -2.33. The molecule has 2 atom stereocenters.